The average molecular weight is 786 g/mol. The molecule has 2 aromatic carbocycles. The minimum atomic E-state index is -1.32. The van der Waals surface area contributed by atoms with E-state index < -0.39 is 67.9 Å². The van der Waals surface area contributed by atoms with Gasteiger partial charge in [-0.15, -0.1) is 0 Å². The van der Waals surface area contributed by atoms with Crippen LogP contribution in [0.5, 0.6) is 0 Å². The molecule has 57 heavy (non-hydrogen) atoms. The van der Waals surface area contributed by atoms with Gasteiger partial charge in [0, 0.05) is 53.9 Å². The van der Waals surface area contributed by atoms with Crippen LogP contribution in [-0.2, 0) is 30.4 Å². The van der Waals surface area contributed by atoms with E-state index in [4.69, 9.17) is 19.6 Å². The number of hydrogen-bond donors (Lipinski definition) is 7. The van der Waals surface area contributed by atoms with E-state index in [1.54, 1.807) is 49.1 Å². The predicted octanol–water partition coefficient (Wildman–Crippen LogP) is 3.50. The standard InChI is InChI=1S/C39H43N7O11/c47-33(18-44(19-34(48)49)11-12-45(20-35(50)51)21-36(52)53)41-26-7-8-29-28(16-26)25(17-40-29)15-31(39(55)56)43-38(54)23-6-9-32-30(14-23)42-37(24-10-13-57-22-24)46(32)27-4-2-1-3-5-27/h6-10,13-14,16-17,22,27,31,40H,1-5,11-12,15,18-21H2,(H,41,47)(H,43,54)(H,48,49)(H,50,51)(H,52,53)(H,55,56)/t31-/m0/s1. The Bertz CT molecular complexity index is 2260. The van der Waals surface area contributed by atoms with Gasteiger partial charge in [0.05, 0.1) is 49.0 Å². The highest BCUT2D eigenvalue weighted by atomic mass is 16.4. The molecule has 2 amide bonds. The summed E-state index contributed by atoms with van der Waals surface area (Å²) in [5.41, 5.74) is 4.06. The molecule has 1 atom stereocenters. The lowest BCUT2D eigenvalue weighted by atomic mass is 9.95. The molecule has 18 heteroatoms. The van der Waals surface area contributed by atoms with Gasteiger partial charge in [0.1, 0.15) is 18.1 Å². The number of H-pyrrole nitrogens is 1. The molecule has 300 valence electrons. The van der Waals surface area contributed by atoms with Crippen molar-refractivity contribution in [1.82, 2.24) is 29.7 Å². The van der Waals surface area contributed by atoms with Crippen LogP contribution >= 0.6 is 0 Å². The first kappa shape index (κ1) is 40.1. The van der Waals surface area contributed by atoms with Crippen LogP contribution in [-0.4, -0.2) is 126 Å². The molecule has 0 aliphatic heterocycles. The Morgan fingerprint density at radius 1 is 0.860 bits per heavy atom. The molecule has 1 aliphatic carbocycles. The summed E-state index contributed by atoms with van der Waals surface area (Å²) >= 11 is 0. The largest absolute Gasteiger partial charge is 0.480 e. The Kier molecular flexibility index (Phi) is 12.6. The van der Waals surface area contributed by atoms with Gasteiger partial charge in [-0.2, -0.15) is 0 Å². The van der Waals surface area contributed by atoms with Gasteiger partial charge in [0.2, 0.25) is 5.91 Å². The molecule has 0 spiro atoms. The smallest absolute Gasteiger partial charge is 0.326 e. The number of carbonyl (C=O) groups excluding carboxylic acids is 2. The maximum Gasteiger partial charge on any atom is 0.326 e. The van der Waals surface area contributed by atoms with Crippen LogP contribution in [0, 0.1) is 0 Å². The normalized spacial score (nSPS) is 13.9. The van der Waals surface area contributed by atoms with Crippen molar-refractivity contribution in [2.45, 2.75) is 50.6 Å². The van der Waals surface area contributed by atoms with Gasteiger partial charge in [0.15, 0.2) is 0 Å². The highest BCUT2D eigenvalue weighted by Crippen LogP contribution is 2.36. The van der Waals surface area contributed by atoms with Crippen LogP contribution in [0.25, 0.3) is 33.3 Å². The van der Waals surface area contributed by atoms with Crippen LogP contribution < -0.4 is 10.6 Å². The molecule has 0 saturated heterocycles. The van der Waals surface area contributed by atoms with Crippen molar-refractivity contribution in [3.05, 3.63) is 72.3 Å². The van der Waals surface area contributed by atoms with E-state index in [-0.39, 0.29) is 31.1 Å². The molecule has 1 saturated carbocycles. The molecule has 1 aliphatic rings. The van der Waals surface area contributed by atoms with Crippen LogP contribution in [0.2, 0.25) is 0 Å². The number of furan rings is 1. The van der Waals surface area contributed by atoms with Gasteiger partial charge in [0.25, 0.3) is 5.91 Å². The molecule has 1 fully saturated rings. The Balaban J connectivity index is 1.14. The highest BCUT2D eigenvalue weighted by molar-refractivity contribution is 6.00. The van der Waals surface area contributed by atoms with Gasteiger partial charge in [-0.05, 0) is 60.9 Å². The maximum absolute atomic E-state index is 13.6. The number of amides is 2. The number of anilines is 1. The Morgan fingerprint density at radius 2 is 1.54 bits per heavy atom. The lowest BCUT2D eigenvalue weighted by Gasteiger charge is -2.25. The number of aromatic amines is 1. The molecule has 5 aromatic rings. The van der Waals surface area contributed by atoms with E-state index in [2.05, 4.69) is 20.2 Å². The lowest BCUT2D eigenvalue weighted by molar-refractivity contribution is -0.143. The molecular weight excluding hydrogens is 742 g/mol. The van der Waals surface area contributed by atoms with Gasteiger partial charge >= 0.3 is 23.9 Å². The quantitative estimate of drug-likeness (QED) is 0.0632. The third-order valence-electron chi connectivity index (χ3n) is 9.93. The fourth-order valence-corrected chi connectivity index (χ4v) is 7.32. The Hall–Kier alpha value is -6.53. The minimum absolute atomic E-state index is 0.1000. The Labute approximate surface area is 325 Å². The molecule has 3 heterocycles. The van der Waals surface area contributed by atoms with Crippen molar-refractivity contribution in [2.75, 3.05) is 44.6 Å². The second-order valence-corrected chi connectivity index (χ2v) is 14.1. The van der Waals surface area contributed by atoms with Crippen molar-refractivity contribution in [1.29, 1.82) is 0 Å². The van der Waals surface area contributed by atoms with Crippen molar-refractivity contribution >= 4 is 63.3 Å². The molecule has 18 nitrogen and oxygen atoms in total. The van der Waals surface area contributed by atoms with Gasteiger partial charge in [-0.25, -0.2) is 9.78 Å². The topological polar surface area (TPSA) is 261 Å². The van der Waals surface area contributed by atoms with E-state index >= 15 is 0 Å². The number of nitrogens with zero attached hydrogens (tertiary/aromatic N) is 4. The second kappa shape index (κ2) is 17.9. The van der Waals surface area contributed by atoms with E-state index in [0.29, 0.717) is 27.7 Å². The number of nitrogens with one attached hydrogen (secondary N) is 3. The zero-order valence-electron chi connectivity index (χ0n) is 30.8. The first-order chi connectivity index (χ1) is 27.3. The summed E-state index contributed by atoms with van der Waals surface area (Å²) in [6.07, 6.45) is 10.2. The maximum atomic E-state index is 13.6. The number of carboxylic acid groups (broad SMARTS) is 4. The van der Waals surface area contributed by atoms with Gasteiger partial charge in [-0.3, -0.25) is 33.8 Å². The van der Waals surface area contributed by atoms with E-state index in [1.165, 1.54) is 11.3 Å². The zero-order chi connectivity index (χ0) is 40.6. The van der Waals surface area contributed by atoms with Crippen LogP contribution in [0.1, 0.15) is 54.1 Å². The van der Waals surface area contributed by atoms with E-state index in [1.807, 2.05) is 12.1 Å². The Morgan fingerprint density at radius 3 is 2.18 bits per heavy atom. The summed E-state index contributed by atoms with van der Waals surface area (Å²) < 4.78 is 7.56. The van der Waals surface area contributed by atoms with Crippen LogP contribution in [0.15, 0.2) is 65.6 Å². The number of aliphatic carboxylic acids is 4. The highest BCUT2D eigenvalue weighted by Gasteiger charge is 2.26. The summed E-state index contributed by atoms with van der Waals surface area (Å²) in [7, 11) is 0. The van der Waals surface area contributed by atoms with Crippen molar-refractivity contribution in [3.8, 4) is 11.4 Å². The molecule has 3 aromatic heterocycles. The fourth-order valence-electron chi connectivity index (χ4n) is 7.32. The lowest BCUT2D eigenvalue weighted by Crippen LogP contribution is -2.44. The molecule has 6 rings (SSSR count). The number of imidazole rings is 1. The number of aromatic nitrogens is 3. The van der Waals surface area contributed by atoms with Crippen molar-refractivity contribution < 1.29 is 53.6 Å². The molecule has 7 N–H and O–H groups in total. The SMILES string of the molecule is O=C(O)CN(CCN(CC(=O)O)CC(=O)Nc1ccc2[nH]cc(C[C@H](NC(=O)c3ccc4c(c3)nc(-c3ccoc3)n4C3CCCCC3)C(=O)O)c2c1)CC(=O)O. The second-order valence-electron chi connectivity index (χ2n) is 14.1. The number of carbonyl (C=O) groups is 6. The van der Waals surface area contributed by atoms with Crippen LogP contribution in [0.4, 0.5) is 5.69 Å². The van der Waals surface area contributed by atoms with Crippen molar-refractivity contribution in [2.24, 2.45) is 0 Å². The average Bonchev–Trinajstić information content (AvgIpc) is 3.92. The summed E-state index contributed by atoms with van der Waals surface area (Å²) in [5, 5.41) is 43.7. The number of fused-ring (bicyclic) bond motifs is 2. The van der Waals surface area contributed by atoms with Crippen molar-refractivity contribution in [3.63, 3.8) is 0 Å². The summed E-state index contributed by atoms with van der Waals surface area (Å²) in [6.45, 7) is -2.35. The number of rotatable bonds is 19. The zero-order valence-corrected chi connectivity index (χ0v) is 30.8. The number of carboxylic acids is 4. The summed E-state index contributed by atoms with van der Waals surface area (Å²) in [4.78, 5) is 83.2. The summed E-state index contributed by atoms with van der Waals surface area (Å²) in [6, 6.07) is 10.8. The van der Waals surface area contributed by atoms with Gasteiger partial charge < -0.3 is 45.0 Å². The van der Waals surface area contributed by atoms with Crippen LogP contribution in [0.3, 0.4) is 0 Å². The predicted molar refractivity (Wildman–Crippen MR) is 205 cm³/mol. The molecular formula is C39H43N7O11. The number of hydrogen-bond acceptors (Lipinski definition) is 10. The summed E-state index contributed by atoms with van der Waals surface area (Å²) in [5.74, 6) is -5.45. The minimum Gasteiger partial charge on any atom is -0.480 e. The monoisotopic (exact) mass is 785 g/mol. The molecule has 0 bridgehead atoms. The third kappa shape index (κ3) is 10.2. The molecule has 0 radical (unpaired) electrons. The van der Waals surface area contributed by atoms with E-state index in [9.17, 15) is 39.0 Å². The van der Waals surface area contributed by atoms with Gasteiger partial charge in [-0.1, -0.05) is 19.3 Å². The first-order valence-electron chi connectivity index (χ1n) is 18.4. The fraction of sp³-hybridized carbons (Fsp3) is 0.359. The molecule has 0 unspecified atom stereocenters. The van der Waals surface area contributed by atoms with E-state index in [0.717, 1.165) is 47.5 Å². The first-order valence-corrected chi connectivity index (χ1v) is 18.4. The number of benzene rings is 2. The third-order valence-corrected chi connectivity index (χ3v) is 9.93.